The number of aryl methyl sites for hydroxylation is 1. The summed E-state index contributed by atoms with van der Waals surface area (Å²) >= 11 is 0. The van der Waals surface area contributed by atoms with Gasteiger partial charge in [-0.1, -0.05) is 50.3 Å². The number of amides is 2. The predicted octanol–water partition coefficient (Wildman–Crippen LogP) is 4.27. The molecule has 0 aromatic heterocycles. The van der Waals surface area contributed by atoms with Gasteiger partial charge in [0.05, 0.1) is 0 Å². The monoisotopic (exact) mass is 379 g/mol. The fourth-order valence-electron chi connectivity index (χ4n) is 2.99. The minimum atomic E-state index is -0.676. The van der Waals surface area contributed by atoms with Crippen molar-refractivity contribution in [2.45, 2.75) is 45.6 Å². The first kappa shape index (κ1) is 21.2. The zero-order valence-corrected chi connectivity index (χ0v) is 16.6. The lowest BCUT2D eigenvalue weighted by molar-refractivity contribution is -0.125. The Hall–Kier alpha value is -3.08. The summed E-state index contributed by atoms with van der Waals surface area (Å²) in [5.74, 6) is -0.492. The molecule has 0 heterocycles. The molecule has 28 heavy (non-hydrogen) atoms. The number of rotatable bonds is 10. The maximum Gasteiger partial charge on any atom is 0.247 e. The van der Waals surface area contributed by atoms with E-state index in [9.17, 15) is 9.59 Å². The van der Waals surface area contributed by atoms with E-state index in [-0.39, 0.29) is 11.8 Å². The summed E-state index contributed by atoms with van der Waals surface area (Å²) < 4.78 is 0. The Kier molecular flexibility index (Phi) is 8.28. The van der Waals surface area contributed by atoms with Crippen LogP contribution in [-0.2, 0) is 22.4 Å². The summed E-state index contributed by atoms with van der Waals surface area (Å²) in [6.45, 7) is 7.26. The zero-order chi connectivity index (χ0) is 20.4. The summed E-state index contributed by atoms with van der Waals surface area (Å²) in [6, 6.07) is 14.8. The number of benzene rings is 2. The first-order chi connectivity index (χ1) is 13.5. The van der Waals surface area contributed by atoms with Gasteiger partial charge in [-0.2, -0.15) is 0 Å². The number of para-hydroxylation sites is 1. The third-order valence-electron chi connectivity index (χ3n) is 4.43. The summed E-state index contributed by atoms with van der Waals surface area (Å²) in [5, 5.41) is 8.73. The van der Waals surface area contributed by atoms with Crippen LogP contribution in [0.5, 0.6) is 0 Å². The minimum Gasteiger partial charge on any atom is -0.362 e. The van der Waals surface area contributed by atoms with E-state index in [1.54, 1.807) is 6.20 Å². The van der Waals surface area contributed by atoms with Crippen molar-refractivity contribution >= 4 is 23.2 Å². The van der Waals surface area contributed by atoms with E-state index in [2.05, 4.69) is 29.5 Å². The smallest absolute Gasteiger partial charge is 0.247 e. The number of carbonyl (C=O) groups excluding carboxylic acids is 2. The van der Waals surface area contributed by atoms with Crippen molar-refractivity contribution in [3.8, 4) is 0 Å². The Morgan fingerprint density at radius 1 is 1.11 bits per heavy atom. The van der Waals surface area contributed by atoms with Crippen LogP contribution in [0.1, 0.15) is 37.8 Å². The lowest BCUT2D eigenvalue weighted by Gasteiger charge is -2.19. The van der Waals surface area contributed by atoms with Crippen molar-refractivity contribution < 1.29 is 9.59 Å². The zero-order valence-electron chi connectivity index (χ0n) is 16.6. The highest BCUT2D eigenvalue weighted by molar-refractivity contribution is 5.97. The lowest BCUT2D eigenvalue weighted by Crippen LogP contribution is -2.44. The molecule has 5 heteroatoms. The molecule has 0 saturated heterocycles. The van der Waals surface area contributed by atoms with Crippen molar-refractivity contribution in [1.29, 1.82) is 0 Å². The van der Waals surface area contributed by atoms with E-state index in [0.29, 0.717) is 6.42 Å². The topological polar surface area (TPSA) is 70.2 Å². The Morgan fingerprint density at radius 3 is 2.46 bits per heavy atom. The molecule has 2 amide bonds. The molecule has 0 bridgehead atoms. The highest BCUT2D eigenvalue weighted by atomic mass is 16.2. The number of unbranched alkanes of at least 4 members (excludes halogenated alkanes) is 1. The van der Waals surface area contributed by atoms with Crippen LogP contribution in [0.25, 0.3) is 0 Å². The molecule has 0 saturated carbocycles. The van der Waals surface area contributed by atoms with Crippen LogP contribution >= 0.6 is 0 Å². The Balaban J connectivity index is 2.10. The van der Waals surface area contributed by atoms with E-state index in [1.165, 1.54) is 12.5 Å². The van der Waals surface area contributed by atoms with Gasteiger partial charge in [0.15, 0.2) is 0 Å². The van der Waals surface area contributed by atoms with Gasteiger partial charge in [0.2, 0.25) is 11.8 Å². The van der Waals surface area contributed by atoms with Gasteiger partial charge in [-0.05, 0) is 48.4 Å². The van der Waals surface area contributed by atoms with Crippen LogP contribution in [0.3, 0.4) is 0 Å². The van der Waals surface area contributed by atoms with Crippen molar-refractivity contribution in [1.82, 2.24) is 5.32 Å². The minimum absolute atomic E-state index is 0.245. The van der Waals surface area contributed by atoms with E-state index in [1.807, 2.05) is 48.5 Å². The van der Waals surface area contributed by atoms with Crippen molar-refractivity contribution in [3.05, 3.63) is 72.4 Å². The summed E-state index contributed by atoms with van der Waals surface area (Å²) in [7, 11) is 0. The third-order valence-corrected chi connectivity index (χ3v) is 4.43. The maximum absolute atomic E-state index is 12.8. The largest absolute Gasteiger partial charge is 0.362 e. The molecule has 2 aromatic carbocycles. The second-order valence-corrected chi connectivity index (χ2v) is 6.75. The number of anilines is 2. The van der Waals surface area contributed by atoms with Crippen LogP contribution in [0.15, 0.2) is 61.3 Å². The van der Waals surface area contributed by atoms with E-state index >= 15 is 0 Å². The second-order valence-electron chi connectivity index (χ2n) is 6.75. The Labute approximate surface area is 167 Å². The summed E-state index contributed by atoms with van der Waals surface area (Å²) in [5.41, 5.74) is 3.76. The molecule has 0 spiro atoms. The molecule has 1 atom stereocenters. The van der Waals surface area contributed by atoms with Crippen molar-refractivity contribution in [3.63, 3.8) is 0 Å². The normalized spacial score (nSPS) is 11.4. The van der Waals surface area contributed by atoms with Crippen LogP contribution in [0.2, 0.25) is 0 Å². The standard InChI is InChI=1S/C23H29N3O2/c1-4-6-9-18-12-14-20(15-13-18)26-23(28)22(25-17(3)27)16-19-10-7-8-11-21(19)24-5-2/h5,7-8,10-15,22,24H,2,4,6,9,16H2,1,3H3,(H,25,27)(H,26,28). The molecule has 148 valence electrons. The van der Waals surface area contributed by atoms with Gasteiger partial charge in [-0.25, -0.2) is 0 Å². The molecule has 2 rings (SSSR count). The van der Waals surface area contributed by atoms with Gasteiger partial charge in [-0.15, -0.1) is 0 Å². The molecule has 2 aromatic rings. The van der Waals surface area contributed by atoms with Crippen LogP contribution < -0.4 is 16.0 Å². The first-order valence-corrected chi connectivity index (χ1v) is 9.65. The predicted molar refractivity (Wildman–Crippen MR) is 115 cm³/mol. The average molecular weight is 380 g/mol. The molecule has 0 aliphatic heterocycles. The third kappa shape index (κ3) is 6.58. The molecular formula is C23H29N3O2. The van der Waals surface area contributed by atoms with Gasteiger partial charge >= 0.3 is 0 Å². The van der Waals surface area contributed by atoms with E-state index < -0.39 is 6.04 Å². The molecule has 1 unspecified atom stereocenters. The number of hydrogen-bond donors (Lipinski definition) is 3. The Bertz CT molecular complexity index is 800. The molecular weight excluding hydrogens is 350 g/mol. The van der Waals surface area contributed by atoms with Crippen molar-refractivity contribution in [2.24, 2.45) is 0 Å². The fourth-order valence-corrected chi connectivity index (χ4v) is 2.99. The molecule has 0 aliphatic carbocycles. The highest BCUT2D eigenvalue weighted by Crippen LogP contribution is 2.18. The SMILES string of the molecule is C=CNc1ccccc1CC(NC(C)=O)C(=O)Nc1ccc(CCCC)cc1. The van der Waals surface area contributed by atoms with Crippen LogP contribution in [-0.4, -0.2) is 17.9 Å². The maximum atomic E-state index is 12.8. The molecule has 0 fully saturated rings. The number of nitrogens with one attached hydrogen (secondary N) is 3. The summed E-state index contributed by atoms with van der Waals surface area (Å²) in [6.07, 6.45) is 5.29. The quantitative estimate of drug-likeness (QED) is 0.577. The molecule has 3 N–H and O–H groups in total. The van der Waals surface area contributed by atoms with Gasteiger partial charge in [-0.3, -0.25) is 9.59 Å². The number of hydrogen-bond acceptors (Lipinski definition) is 3. The van der Waals surface area contributed by atoms with Crippen molar-refractivity contribution in [2.75, 3.05) is 10.6 Å². The highest BCUT2D eigenvalue weighted by Gasteiger charge is 2.21. The summed E-state index contributed by atoms with van der Waals surface area (Å²) in [4.78, 5) is 24.4. The van der Waals surface area contributed by atoms with Gasteiger partial charge < -0.3 is 16.0 Å². The molecule has 0 radical (unpaired) electrons. The molecule has 5 nitrogen and oxygen atoms in total. The van der Waals surface area contributed by atoms with Crippen LogP contribution in [0.4, 0.5) is 11.4 Å². The van der Waals surface area contributed by atoms with Crippen LogP contribution in [0, 0.1) is 0 Å². The number of carbonyl (C=O) groups is 2. The average Bonchev–Trinajstić information content (AvgIpc) is 2.68. The van der Waals surface area contributed by atoms with Gasteiger partial charge in [0.25, 0.3) is 0 Å². The molecule has 0 aliphatic rings. The first-order valence-electron chi connectivity index (χ1n) is 9.65. The van der Waals surface area contributed by atoms with E-state index in [4.69, 9.17) is 0 Å². The van der Waals surface area contributed by atoms with Gasteiger partial charge in [0.1, 0.15) is 6.04 Å². The fraction of sp³-hybridized carbons (Fsp3) is 0.304. The Morgan fingerprint density at radius 2 is 1.82 bits per heavy atom. The second kappa shape index (κ2) is 10.9. The lowest BCUT2D eigenvalue weighted by atomic mass is 10.0. The van der Waals surface area contributed by atoms with Gasteiger partial charge in [0, 0.05) is 24.7 Å². The van der Waals surface area contributed by atoms with E-state index in [0.717, 1.165) is 36.2 Å².